The van der Waals surface area contributed by atoms with Crippen LogP contribution in [0.25, 0.3) is 39.0 Å². The number of aromatic nitrogens is 2. The third-order valence-electron chi connectivity index (χ3n) is 7.40. The molecule has 0 saturated heterocycles. The molecule has 2 heterocycles. The van der Waals surface area contributed by atoms with Gasteiger partial charge in [0.15, 0.2) is 11.5 Å². The summed E-state index contributed by atoms with van der Waals surface area (Å²) in [5, 5.41) is 1.67. The highest BCUT2D eigenvalue weighted by Gasteiger charge is 2.40. The Morgan fingerprint density at radius 2 is 1.60 bits per heavy atom. The fourth-order valence-electron chi connectivity index (χ4n) is 5.34. The Morgan fingerprint density at radius 3 is 2.30 bits per heavy atom. The lowest BCUT2D eigenvalue weighted by atomic mass is 9.84. The predicted molar refractivity (Wildman–Crippen MR) is 161 cm³/mol. The van der Waals surface area contributed by atoms with Gasteiger partial charge in [0.1, 0.15) is 0 Å². The van der Waals surface area contributed by atoms with Crippen molar-refractivity contribution < 1.29 is 19.1 Å². The van der Waals surface area contributed by atoms with Gasteiger partial charge in [0.05, 0.1) is 25.4 Å². The van der Waals surface area contributed by atoms with Gasteiger partial charge in [-0.25, -0.2) is 0 Å². The molecule has 204 valence electrons. The number of hydrogen-bond acceptors (Lipinski definition) is 4. The molecule has 2 N–H and O–H groups in total. The fraction of sp³-hybridized carbons (Fsp3) is 0.235. The van der Waals surface area contributed by atoms with Gasteiger partial charge in [0.25, 0.3) is 0 Å². The van der Waals surface area contributed by atoms with Crippen molar-refractivity contribution in [3.8, 4) is 0 Å². The van der Waals surface area contributed by atoms with Crippen LogP contribution in [0.15, 0.2) is 77.9 Å². The first-order valence-corrected chi connectivity index (χ1v) is 13.5. The highest BCUT2D eigenvalue weighted by molar-refractivity contribution is 6.48. The van der Waals surface area contributed by atoms with E-state index in [-0.39, 0.29) is 22.7 Å². The highest BCUT2D eigenvalue weighted by atomic mass is 16.5. The number of carbonyl (C=O) groups excluding carboxylic acids is 2. The van der Waals surface area contributed by atoms with E-state index in [1.54, 1.807) is 6.20 Å². The summed E-state index contributed by atoms with van der Waals surface area (Å²) < 4.78 is 11.4. The number of nitrogens with one attached hydrogen (secondary N) is 2. The summed E-state index contributed by atoms with van der Waals surface area (Å²) in [7, 11) is 2.86. The summed E-state index contributed by atoms with van der Waals surface area (Å²) in [6.07, 6.45) is 8.65. The number of Topliss-reactive ketones (excluding diaryl/α,β-unsaturated/α-hetero) is 2. The molecular formula is C34H34N2O4. The van der Waals surface area contributed by atoms with Gasteiger partial charge >= 0.3 is 0 Å². The lowest BCUT2D eigenvalue weighted by Gasteiger charge is -2.22. The van der Waals surface area contributed by atoms with Gasteiger partial charge in [-0.05, 0) is 43.9 Å². The topological polar surface area (TPSA) is 84.2 Å². The number of benzene rings is 2. The van der Waals surface area contributed by atoms with Gasteiger partial charge in [-0.2, -0.15) is 0 Å². The maximum atomic E-state index is 14.3. The number of H-pyrrole nitrogens is 2. The van der Waals surface area contributed by atoms with Crippen LogP contribution in [0.3, 0.4) is 0 Å². The van der Waals surface area contributed by atoms with Gasteiger partial charge in [0, 0.05) is 44.8 Å². The maximum Gasteiger partial charge on any atom is 0.232 e. The van der Waals surface area contributed by atoms with E-state index >= 15 is 0 Å². The first kappa shape index (κ1) is 27.0. The number of ether oxygens (including phenoxy) is 2. The van der Waals surface area contributed by atoms with Gasteiger partial charge in [0.2, 0.25) is 11.6 Å². The summed E-state index contributed by atoms with van der Waals surface area (Å²) >= 11 is 0. The minimum absolute atomic E-state index is 0.0000142. The van der Waals surface area contributed by atoms with E-state index < -0.39 is 11.6 Å². The van der Waals surface area contributed by atoms with E-state index in [2.05, 4.69) is 42.9 Å². The lowest BCUT2D eigenvalue weighted by molar-refractivity contribution is -0.117. The minimum atomic E-state index is -0.395. The normalized spacial score (nSPS) is 15.0. The Bertz CT molecular complexity index is 1770. The summed E-state index contributed by atoms with van der Waals surface area (Å²) in [6.45, 7) is 8.27. The molecule has 6 heteroatoms. The van der Waals surface area contributed by atoms with Crippen LogP contribution in [0.2, 0.25) is 0 Å². The van der Waals surface area contributed by atoms with Crippen LogP contribution in [0.5, 0.6) is 0 Å². The zero-order chi connectivity index (χ0) is 28.6. The number of aromatic amines is 2. The minimum Gasteiger partial charge on any atom is -0.492 e. The Morgan fingerprint density at radius 1 is 0.925 bits per heavy atom. The molecule has 6 nitrogen and oxygen atoms in total. The first-order valence-electron chi connectivity index (χ1n) is 13.5. The van der Waals surface area contributed by atoms with Crippen molar-refractivity contribution in [2.75, 3.05) is 14.2 Å². The Kier molecular flexibility index (Phi) is 7.35. The maximum absolute atomic E-state index is 14.3. The quantitative estimate of drug-likeness (QED) is 0.182. The van der Waals surface area contributed by atoms with E-state index in [1.807, 2.05) is 55.5 Å². The zero-order valence-corrected chi connectivity index (χ0v) is 23.8. The van der Waals surface area contributed by atoms with Crippen LogP contribution >= 0.6 is 0 Å². The fourth-order valence-corrected chi connectivity index (χ4v) is 5.34. The van der Waals surface area contributed by atoms with Gasteiger partial charge in [-0.1, -0.05) is 68.0 Å². The number of para-hydroxylation sites is 2. The van der Waals surface area contributed by atoms with Gasteiger partial charge < -0.3 is 19.4 Å². The summed E-state index contributed by atoms with van der Waals surface area (Å²) in [5.74, 6) is -0.494. The molecule has 2 aromatic heterocycles. The average molecular weight is 535 g/mol. The number of carbonyl (C=O) groups is 2. The van der Waals surface area contributed by atoms with Crippen LogP contribution in [-0.2, 0) is 25.5 Å². The predicted octanol–water partition coefficient (Wildman–Crippen LogP) is 7.39. The summed E-state index contributed by atoms with van der Waals surface area (Å²) in [6, 6.07) is 13.7. The molecule has 0 unspecified atom stereocenters. The first-order chi connectivity index (χ1) is 19.3. The molecule has 0 fully saturated rings. The van der Waals surface area contributed by atoms with Crippen molar-refractivity contribution in [3.63, 3.8) is 0 Å². The molecule has 1 aliphatic carbocycles. The number of fused-ring (bicyclic) bond motifs is 2. The molecule has 0 bridgehead atoms. The van der Waals surface area contributed by atoms with Crippen molar-refractivity contribution >= 4 is 50.6 Å². The molecule has 0 radical (unpaired) electrons. The van der Waals surface area contributed by atoms with Crippen molar-refractivity contribution in [1.29, 1.82) is 0 Å². The highest BCUT2D eigenvalue weighted by Crippen LogP contribution is 2.42. The molecule has 4 aromatic rings. The SMILES string of the molecule is CC=C(C)Cc1cccc2c(C3=C(OC)C(=O)C(c4c(C=CC(C)C)[nH]c5ccccc45)=C(OC)C3=O)c[nH]c12. The van der Waals surface area contributed by atoms with E-state index in [1.165, 1.54) is 19.8 Å². The Hall–Kier alpha value is -4.58. The monoisotopic (exact) mass is 534 g/mol. The zero-order valence-electron chi connectivity index (χ0n) is 23.8. The standard InChI is InChI=1S/C34H34N2O4/c1-7-20(4)17-21-11-10-13-22-24(18-35-30(21)22)28-31(37)34(40-6)29(32(38)33(28)39-5)27-23-12-8-9-14-25(23)36-26(27)16-15-19(2)3/h7-16,18-19,35-36H,17H2,1-6H3. The van der Waals surface area contributed by atoms with Gasteiger partial charge in [-0.15, -0.1) is 0 Å². The second-order valence-electron chi connectivity index (χ2n) is 10.4. The third-order valence-corrected chi connectivity index (χ3v) is 7.40. The Balaban J connectivity index is 1.73. The van der Waals surface area contributed by atoms with Crippen molar-refractivity contribution in [2.24, 2.45) is 5.92 Å². The molecule has 2 aromatic carbocycles. The van der Waals surface area contributed by atoms with E-state index in [0.717, 1.165) is 39.5 Å². The lowest BCUT2D eigenvalue weighted by Crippen LogP contribution is -2.25. The van der Waals surface area contributed by atoms with Crippen LogP contribution < -0.4 is 0 Å². The molecule has 0 atom stereocenters. The summed E-state index contributed by atoms with van der Waals surface area (Å²) in [5.41, 5.74) is 6.48. The number of hydrogen-bond donors (Lipinski definition) is 2. The molecule has 0 amide bonds. The van der Waals surface area contributed by atoms with Crippen molar-refractivity contribution in [2.45, 2.75) is 34.1 Å². The van der Waals surface area contributed by atoms with Gasteiger partial charge in [-0.3, -0.25) is 9.59 Å². The van der Waals surface area contributed by atoms with Crippen LogP contribution in [-0.4, -0.2) is 35.8 Å². The number of allylic oxidation sites excluding steroid dienone is 5. The average Bonchev–Trinajstić information content (AvgIpc) is 3.54. The van der Waals surface area contributed by atoms with Crippen LogP contribution in [0.1, 0.15) is 50.1 Å². The molecule has 5 rings (SSSR count). The Labute approximate surface area is 234 Å². The van der Waals surface area contributed by atoms with E-state index in [4.69, 9.17) is 9.47 Å². The largest absolute Gasteiger partial charge is 0.492 e. The molecular weight excluding hydrogens is 500 g/mol. The number of rotatable bonds is 8. The third kappa shape index (κ3) is 4.49. The molecule has 0 aliphatic heterocycles. The number of methoxy groups -OCH3 is 2. The smallest absolute Gasteiger partial charge is 0.232 e. The number of ketones is 2. The van der Waals surface area contributed by atoms with Crippen LogP contribution in [0, 0.1) is 5.92 Å². The van der Waals surface area contributed by atoms with Crippen molar-refractivity contribution in [3.05, 3.63) is 100 Å². The van der Waals surface area contributed by atoms with Crippen LogP contribution in [0.4, 0.5) is 0 Å². The second kappa shape index (κ2) is 10.9. The van der Waals surface area contributed by atoms with Crippen molar-refractivity contribution in [1.82, 2.24) is 9.97 Å². The molecule has 40 heavy (non-hydrogen) atoms. The summed E-state index contributed by atoms with van der Waals surface area (Å²) in [4.78, 5) is 35.2. The van der Waals surface area contributed by atoms with E-state index in [0.29, 0.717) is 17.0 Å². The molecule has 0 spiro atoms. The van der Waals surface area contributed by atoms with E-state index in [9.17, 15) is 9.59 Å². The second-order valence-corrected chi connectivity index (χ2v) is 10.4. The molecule has 0 saturated carbocycles. The molecule has 1 aliphatic rings.